The van der Waals surface area contributed by atoms with Gasteiger partial charge < -0.3 is 9.88 Å². The van der Waals surface area contributed by atoms with Gasteiger partial charge in [-0.25, -0.2) is 0 Å². The van der Waals surface area contributed by atoms with Gasteiger partial charge in [-0.3, -0.25) is 0 Å². The molecular weight excluding hydrogens is 256 g/mol. The first-order valence-corrected chi connectivity index (χ1v) is 8.65. The third kappa shape index (κ3) is 3.31. The molecule has 1 aromatic heterocycles. The van der Waals surface area contributed by atoms with E-state index >= 15 is 0 Å². The van der Waals surface area contributed by atoms with Crippen LogP contribution in [0.15, 0.2) is 5.16 Å². The van der Waals surface area contributed by atoms with Crippen LogP contribution < -0.4 is 5.32 Å². The van der Waals surface area contributed by atoms with E-state index in [4.69, 9.17) is 0 Å². The summed E-state index contributed by atoms with van der Waals surface area (Å²) in [5.41, 5.74) is 0. The first-order valence-electron chi connectivity index (χ1n) is 7.66. The lowest BCUT2D eigenvalue weighted by atomic mass is 10.2. The average Bonchev–Trinajstić information content (AvgIpc) is 3.21. The molecule has 3 rings (SSSR count). The van der Waals surface area contributed by atoms with Gasteiger partial charge in [0.1, 0.15) is 5.82 Å². The summed E-state index contributed by atoms with van der Waals surface area (Å²) < 4.78 is 2.35. The second kappa shape index (κ2) is 6.27. The van der Waals surface area contributed by atoms with Crippen molar-refractivity contribution < 1.29 is 0 Å². The van der Waals surface area contributed by atoms with E-state index in [-0.39, 0.29) is 0 Å². The van der Waals surface area contributed by atoms with Crippen LogP contribution in [0, 0.1) is 5.92 Å². The molecule has 2 heterocycles. The lowest BCUT2D eigenvalue weighted by molar-refractivity contribution is 0.518. The SMILES string of the molecule is CCNC(CSc1nnc2n1CCCCC2)C1CC1. The van der Waals surface area contributed by atoms with Crippen molar-refractivity contribution in [2.75, 3.05) is 12.3 Å². The van der Waals surface area contributed by atoms with Gasteiger partial charge in [0.05, 0.1) is 0 Å². The Morgan fingerprint density at radius 1 is 1.32 bits per heavy atom. The molecule has 2 aliphatic rings. The zero-order valence-electron chi connectivity index (χ0n) is 11.8. The smallest absolute Gasteiger partial charge is 0.191 e. The Kier molecular flexibility index (Phi) is 4.43. The minimum atomic E-state index is 0.661. The van der Waals surface area contributed by atoms with Crippen LogP contribution in [0.3, 0.4) is 0 Å². The van der Waals surface area contributed by atoms with Crippen molar-refractivity contribution in [3.05, 3.63) is 5.82 Å². The minimum absolute atomic E-state index is 0.661. The molecule has 5 heteroatoms. The summed E-state index contributed by atoms with van der Waals surface area (Å²) in [4.78, 5) is 0. The molecule has 1 atom stereocenters. The second-order valence-corrected chi connectivity index (χ2v) is 6.66. The molecule has 1 unspecified atom stereocenters. The van der Waals surface area contributed by atoms with Gasteiger partial charge in [-0.1, -0.05) is 25.1 Å². The maximum absolute atomic E-state index is 4.40. The first kappa shape index (κ1) is 13.4. The highest BCUT2D eigenvalue weighted by atomic mass is 32.2. The molecule has 0 amide bonds. The lowest BCUT2D eigenvalue weighted by Crippen LogP contribution is -2.33. The standard InChI is InChI=1S/C14H24N4S/c1-2-15-12(11-7-8-11)10-19-14-17-16-13-6-4-3-5-9-18(13)14/h11-12,15H,2-10H2,1H3. The predicted octanol–water partition coefficient (Wildman–Crippen LogP) is 2.48. The van der Waals surface area contributed by atoms with Gasteiger partial charge in [0.2, 0.25) is 0 Å². The maximum Gasteiger partial charge on any atom is 0.191 e. The summed E-state index contributed by atoms with van der Waals surface area (Å²) in [6.07, 6.45) is 7.78. The van der Waals surface area contributed by atoms with Gasteiger partial charge in [-0.05, 0) is 38.1 Å². The Balaban J connectivity index is 1.61. The molecule has 1 aromatic rings. The Hall–Kier alpha value is -0.550. The van der Waals surface area contributed by atoms with Crippen LogP contribution in [-0.4, -0.2) is 33.1 Å². The zero-order chi connectivity index (χ0) is 13.1. The van der Waals surface area contributed by atoms with E-state index in [0.29, 0.717) is 6.04 Å². The number of hydrogen-bond acceptors (Lipinski definition) is 4. The van der Waals surface area contributed by atoms with Crippen molar-refractivity contribution in [1.82, 2.24) is 20.1 Å². The minimum Gasteiger partial charge on any atom is -0.313 e. The summed E-state index contributed by atoms with van der Waals surface area (Å²) in [7, 11) is 0. The highest BCUT2D eigenvalue weighted by molar-refractivity contribution is 7.99. The summed E-state index contributed by atoms with van der Waals surface area (Å²) in [6.45, 7) is 4.38. The van der Waals surface area contributed by atoms with Gasteiger partial charge in [0.25, 0.3) is 0 Å². The summed E-state index contributed by atoms with van der Waals surface area (Å²) in [5.74, 6) is 3.24. The van der Waals surface area contributed by atoms with E-state index in [1.807, 2.05) is 11.8 Å². The summed E-state index contributed by atoms with van der Waals surface area (Å²) in [6, 6.07) is 0.661. The molecule has 0 saturated heterocycles. The van der Waals surface area contributed by atoms with Crippen LogP contribution in [0.4, 0.5) is 0 Å². The van der Waals surface area contributed by atoms with Gasteiger partial charge in [0.15, 0.2) is 5.16 Å². The Morgan fingerprint density at radius 2 is 2.21 bits per heavy atom. The fourth-order valence-electron chi connectivity index (χ4n) is 2.85. The molecule has 0 spiro atoms. The molecule has 19 heavy (non-hydrogen) atoms. The summed E-state index contributed by atoms with van der Waals surface area (Å²) >= 11 is 1.89. The topological polar surface area (TPSA) is 42.7 Å². The number of nitrogens with zero attached hydrogens (tertiary/aromatic N) is 3. The van der Waals surface area contributed by atoms with Crippen LogP contribution in [0.1, 0.15) is 44.9 Å². The predicted molar refractivity (Wildman–Crippen MR) is 78.5 cm³/mol. The first-order chi connectivity index (χ1) is 9.38. The molecule has 1 saturated carbocycles. The molecule has 1 fully saturated rings. The van der Waals surface area contributed by atoms with Crippen molar-refractivity contribution >= 4 is 11.8 Å². The van der Waals surface area contributed by atoms with Gasteiger partial charge in [-0.2, -0.15) is 0 Å². The number of thioether (sulfide) groups is 1. The highest BCUT2D eigenvalue weighted by Crippen LogP contribution is 2.35. The van der Waals surface area contributed by atoms with E-state index in [0.717, 1.165) is 36.3 Å². The highest BCUT2D eigenvalue weighted by Gasteiger charge is 2.31. The number of aryl methyl sites for hydroxylation is 1. The van der Waals surface area contributed by atoms with Crippen LogP contribution >= 0.6 is 11.8 Å². The quantitative estimate of drug-likeness (QED) is 0.813. The van der Waals surface area contributed by atoms with Gasteiger partial charge in [0, 0.05) is 24.8 Å². The lowest BCUT2D eigenvalue weighted by Gasteiger charge is -2.16. The largest absolute Gasteiger partial charge is 0.313 e. The fraction of sp³-hybridized carbons (Fsp3) is 0.857. The van der Waals surface area contributed by atoms with E-state index in [1.54, 1.807) is 0 Å². The van der Waals surface area contributed by atoms with E-state index in [1.165, 1.54) is 37.9 Å². The molecule has 0 aromatic carbocycles. The maximum atomic E-state index is 4.40. The molecule has 0 bridgehead atoms. The number of aromatic nitrogens is 3. The molecule has 1 N–H and O–H groups in total. The zero-order valence-corrected chi connectivity index (χ0v) is 12.6. The Labute approximate surface area is 119 Å². The monoisotopic (exact) mass is 280 g/mol. The van der Waals surface area contributed by atoms with Crippen molar-refractivity contribution in [3.63, 3.8) is 0 Å². The van der Waals surface area contributed by atoms with Crippen LogP contribution in [0.5, 0.6) is 0 Å². The molecule has 1 aliphatic heterocycles. The Bertz CT molecular complexity index is 414. The normalized spacial score (nSPS) is 20.9. The van der Waals surface area contributed by atoms with Crippen molar-refractivity contribution in [2.45, 2.75) is 63.2 Å². The number of rotatable bonds is 6. The number of nitrogens with one attached hydrogen (secondary N) is 1. The van der Waals surface area contributed by atoms with Crippen molar-refractivity contribution in [1.29, 1.82) is 0 Å². The molecule has 1 aliphatic carbocycles. The third-order valence-electron chi connectivity index (χ3n) is 4.12. The molecular formula is C14H24N4S. The van der Waals surface area contributed by atoms with Gasteiger partial charge in [-0.15, -0.1) is 10.2 Å². The van der Waals surface area contributed by atoms with Gasteiger partial charge >= 0.3 is 0 Å². The molecule has 4 nitrogen and oxygen atoms in total. The number of fused-ring (bicyclic) bond motifs is 1. The van der Waals surface area contributed by atoms with Crippen molar-refractivity contribution in [2.24, 2.45) is 5.92 Å². The molecule has 0 radical (unpaired) electrons. The van der Waals surface area contributed by atoms with Crippen molar-refractivity contribution in [3.8, 4) is 0 Å². The van der Waals surface area contributed by atoms with E-state index in [2.05, 4.69) is 27.0 Å². The summed E-state index contributed by atoms with van der Waals surface area (Å²) in [5, 5.41) is 13.5. The average molecular weight is 280 g/mol. The third-order valence-corrected chi connectivity index (χ3v) is 5.21. The Morgan fingerprint density at radius 3 is 3.00 bits per heavy atom. The van der Waals surface area contributed by atoms with Crippen LogP contribution in [0.2, 0.25) is 0 Å². The number of hydrogen-bond donors (Lipinski definition) is 1. The molecule has 106 valence electrons. The van der Waals surface area contributed by atoms with Crippen LogP contribution in [0.25, 0.3) is 0 Å². The second-order valence-electron chi connectivity index (χ2n) is 5.67. The fourth-order valence-corrected chi connectivity index (χ4v) is 4.02. The van der Waals surface area contributed by atoms with E-state index < -0.39 is 0 Å². The van der Waals surface area contributed by atoms with E-state index in [9.17, 15) is 0 Å². The van der Waals surface area contributed by atoms with Crippen LogP contribution in [-0.2, 0) is 13.0 Å².